The number of benzene rings is 1. The molecule has 0 unspecified atom stereocenters. The van der Waals surface area contributed by atoms with Crippen LogP contribution in [0.15, 0.2) is 27.2 Å². The molecule has 0 saturated heterocycles. The third kappa shape index (κ3) is 2.87. The van der Waals surface area contributed by atoms with Crippen molar-refractivity contribution in [3.63, 3.8) is 0 Å². The van der Waals surface area contributed by atoms with E-state index >= 15 is 0 Å². The number of nitrogens with zero attached hydrogens (tertiary/aromatic N) is 2. The topological polar surface area (TPSA) is 56.0 Å². The highest BCUT2D eigenvalue weighted by atomic mass is 79.9. The van der Waals surface area contributed by atoms with Crippen molar-refractivity contribution in [2.75, 3.05) is 0 Å². The Morgan fingerprint density at radius 3 is 2.95 bits per heavy atom. The van der Waals surface area contributed by atoms with E-state index in [0.717, 1.165) is 22.9 Å². The van der Waals surface area contributed by atoms with Gasteiger partial charge in [0.25, 0.3) is 0 Å². The largest absolute Gasteiger partial charge is 0.339 e. The van der Waals surface area contributed by atoms with E-state index in [0.29, 0.717) is 16.7 Å². The van der Waals surface area contributed by atoms with Gasteiger partial charge >= 0.3 is 0 Å². The highest BCUT2D eigenvalue weighted by Crippen LogP contribution is 2.31. The first-order valence-corrected chi connectivity index (χ1v) is 7.11. The zero-order valence-electron chi connectivity index (χ0n) is 9.90. The van der Waals surface area contributed by atoms with Crippen LogP contribution in [-0.4, -0.2) is 15.9 Å². The Morgan fingerprint density at radius 1 is 1.47 bits per heavy atom. The number of halogens is 2. The zero-order chi connectivity index (χ0) is 13.4. The van der Waals surface area contributed by atoms with Gasteiger partial charge in [0.05, 0.1) is 11.4 Å². The summed E-state index contributed by atoms with van der Waals surface area (Å²) in [5.74, 6) is 1.24. The summed E-state index contributed by atoms with van der Waals surface area (Å²) in [6.45, 7) is 0. The third-order valence-electron chi connectivity index (χ3n) is 3.00. The van der Waals surface area contributed by atoms with Crippen LogP contribution in [0.1, 0.15) is 18.7 Å². The lowest BCUT2D eigenvalue weighted by Gasteiger charge is -1.97. The Bertz CT molecular complexity index is 637. The van der Waals surface area contributed by atoms with Crippen molar-refractivity contribution in [3.8, 4) is 11.4 Å². The molecule has 1 aliphatic carbocycles. The van der Waals surface area contributed by atoms with Crippen molar-refractivity contribution in [2.45, 2.75) is 19.3 Å². The average molecular weight is 342 g/mol. The fraction of sp³-hybridized carbons (Fsp3) is 0.308. The molecule has 0 amide bonds. The second-order valence-corrected chi connectivity index (χ2v) is 5.82. The fourth-order valence-electron chi connectivity index (χ4n) is 1.78. The van der Waals surface area contributed by atoms with Gasteiger partial charge in [-0.3, -0.25) is 4.79 Å². The number of Topliss-reactive ketones (excluding diaryl/α,β-unsaturated/α-hetero) is 1. The number of aromatic nitrogens is 2. The van der Waals surface area contributed by atoms with Crippen LogP contribution in [0, 0.1) is 5.92 Å². The summed E-state index contributed by atoms with van der Waals surface area (Å²) in [6, 6.07) is 5.39. The third-order valence-corrected chi connectivity index (χ3v) is 4.22. The summed E-state index contributed by atoms with van der Waals surface area (Å²) in [7, 11) is 0. The van der Waals surface area contributed by atoms with Crippen LogP contribution in [0.3, 0.4) is 0 Å². The Balaban J connectivity index is 1.79. The van der Waals surface area contributed by atoms with Crippen molar-refractivity contribution in [3.05, 3.63) is 33.6 Å². The lowest BCUT2D eigenvalue weighted by Crippen LogP contribution is -2.04. The molecular formula is C13H10BrClN2O2. The van der Waals surface area contributed by atoms with E-state index in [1.165, 1.54) is 0 Å². The predicted molar refractivity (Wildman–Crippen MR) is 73.9 cm³/mol. The van der Waals surface area contributed by atoms with Crippen LogP contribution in [0.5, 0.6) is 0 Å². The number of ketones is 1. The number of rotatable bonds is 4. The number of hydrogen-bond donors (Lipinski definition) is 0. The molecule has 0 spiro atoms. The van der Waals surface area contributed by atoms with E-state index in [1.54, 1.807) is 6.07 Å². The SMILES string of the molecule is O=C(Cc1nc(-c2ccc(Cl)c(Br)c2)no1)C1CC1. The Morgan fingerprint density at radius 2 is 2.26 bits per heavy atom. The van der Waals surface area contributed by atoms with E-state index in [2.05, 4.69) is 26.1 Å². The van der Waals surface area contributed by atoms with Gasteiger partial charge in [0, 0.05) is 16.0 Å². The summed E-state index contributed by atoms with van der Waals surface area (Å²) in [5.41, 5.74) is 0.796. The summed E-state index contributed by atoms with van der Waals surface area (Å²) in [5, 5.41) is 4.51. The van der Waals surface area contributed by atoms with Crippen molar-refractivity contribution in [1.82, 2.24) is 10.1 Å². The molecule has 0 bridgehead atoms. The number of carbonyl (C=O) groups excluding carboxylic acids is 1. The van der Waals surface area contributed by atoms with Crippen LogP contribution in [0.2, 0.25) is 5.02 Å². The first-order chi connectivity index (χ1) is 9.13. The molecule has 98 valence electrons. The molecule has 1 aromatic heterocycles. The monoisotopic (exact) mass is 340 g/mol. The minimum Gasteiger partial charge on any atom is -0.339 e. The first-order valence-electron chi connectivity index (χ1n) is 5.94. The van der Waals surface area contributed by atoms with Gasteiger partial charge in [0.15, 0.2) is 0 Å². The molecule has 0 N–H and O–H groups in total. The molecule has 0 atom stereocenters. The minimum absolute atomic E-state index is 0.187. The van der Waals surface area contributed by atoms with Crippen molar-refractivity contribution >= 4 is 33.3 Å². The van der Waals surface area contributed by atoms with Gasteiger partial charge in [-0.15, -0.1) is 0 Å². The van der Waals surface area contributed by atoms with Crippen molar-refractivity contribution in [1.29, 1.82) is 0 Å². The average Bonchev–Trinajstić information content (AvgIpc) is 3.14. The molecule has 19 heavy (non-hydrogen) atoms. The number of carbonyl (C=O) groups is 1. The zero-order valence-corrected chi connectivity index (χ0v) is 12.2. The van der Waals surface area contributed by atoms with E-state index in [-0.39, 0.29) is 18.1 Å². The maximum absolute atomic E-state index is 11.7. The molecule has 0 radical (unpaired) electrons. The molecule has 1 aliphatic rings. The van der Waals surface area contributed by atoms with E-state index in [1.807, 2.05) is 12.1 Å². The van der Waals surface area contributed by atoms with Crippen LogP contribution in [0.25, 0.3) is 11.4 Å². The van der Waals surface area contributed by atoms with Crippen molar-refractivity contribution < 1.29 is 9.32 Å². The van der Waals surface area contributed by atoms with Crippen LogP contribution in [0.4, 0.5) is 0 Å². The lowest BCUT2D eigenvalue weighted by molar-refractivity contribution is -0.119. The molecule has 1 heterocycles. The fourth-order valence-corrected chi connectivity index (χ4v) is 2.27. The number of hydrogen-bond acceptors (Lipinski definition) is 4. The van der Waals surface area contributed by atoms with E-state index in [4.69, 9.17) is 16.1 Å². The normalized spacial score (nSPS) is 14.6. The Hall–Kier alpha value is -1.20. The van der Waals surface area contributed by atoms with Gasteiger partial charge in [-0.1, -0.05) is 16.8 Å². The maximum Gasteiger partial charge on any atom is 0.234 e. The van der Waals surface area contributed by atoms with E-state index < -0.39 is 0 Å². The summed E-state index contributed by atoms with van der Waals surface area (Å²) < 4.78 is 5.88. The minimum atomic E-state index is 0.187. The standard InChI is InChI=1S/C13H10BrClN2O2/c14-9-5-8(3-4-10(9)15)13-16-12(19-17-13)6-11(18)7-1-2-7/h3-5,7H,1-2,6H2. The summed E-state index contributed by atoms with van der Waals surface area (Å²) >= 11 is 9.27. The summed E-state index contributed by atoms with van der Waals surface area (Å²) in [4.78, 5) is 15.9. The van der Waals surface area contributed by atoms with Crippen LogP contribution >= 0.6 is 27.5 Å². The smallest absolute Gasteiger partial charge is 0.234 e. The lowest BCUT2D eigenvalue weighted by atomic mass is 10.2. The Labute approximate surface area is 123 Å². The maximum atomic E-state index is 11.7. The molecule has 1 fully saturated rings. The van der Waals surface area contributed by atoms with Gasteiger partial charge in [-0.05, 0) is 47.0 Å². The van der Waals surface area contributed by atoms with Gasteiger partial charge in [-0.25, -0.2) is 0 Å². The first kappa shape index (κ1) is 12.8. The molecule has 6 heteroatoms. The van der Waals surface area contributed by atoms with Crippen molar-refractivity contribution in [2.24, 2.45) is 5.92 Å². The molecule has 0 aliphatic heterocycles. The Kier molecular flexibility index (Phi) is 3.41. The van der Waals surface area contributed by atoms with Crippen LogP contribution in [-0.2, 0) is 11.2 Å². The molecule has 2 aromatic rings. The van der Waals surface area contributed by atoms with Crippen LogP contribution < -0.4 is 0 Å². The molecular weight excluding hydrogens is 332 g/mol. The second-order valence-electron chi connectivity index (χ2n) is 4.56. The predicted octanol–water partition coefficient (Wildman–Crippen LogP) is 3.67. The summed E-state index contributed by atoms with van der Waals surface area (Å²) in [6.07, 6.45) is 2.21. The quantitative estimate of drug-likeness (QED) is 0.851. The van der Waals surface area contributed by atoms with E-state index in [9.17, 15) is 4.79 Å². The highest BCUT2D eigenvalue weighted by molar-refractivity contribution is 9.10. The van der Waals surface area contributed by atoms with Gasteiger partial charge in [0.2, 0.25) is 11.7 Å². The van der Waals surface area contributed by atoms with Gasteiger partial charge in [-0.2, -0.15) is 4.98 Å². The highest BCUT2D eigenvalue weighted by Gasteiger charge is 2.30. The molecule has 3 rings (SSSR count). The van der Waals surface area contributed by atoms with Gasteiger partial charge < -0.3 is 4.52 Å². The van der Waals surface area contributed by atoms with Gasteiger partial charge in [0.1, 0.15) is 5.78 Å². The molecule has 4 nitrogen and oxygen atoms in total. The second kappa shape index (κ2) is 5.06. The molecule has 1 saturated carbocycles. The molecule has 1 aromatic carbocycles.